The zero-order valence-corrected chi connectivity index (χ0v) is 22.4. The van der Waals surface area contributed by atoms with Crippen molar-refractivity contribution in [2.75, 3.05) is 30.9 Å². The molecule has 3 aliphatic heterocycles. The Hall–Kier alpha value is -3.73. The Kier molecular flexibility index (Phi) is 5.73. The number of nitrogens with zero attached hydrogens (tertiary/aromatic N) is 6. The van der Waals surface area contributed by atoms with Crippen LogP contribution < -0.4 is 15.5 Å². The molecule has 3 aromatic heterocycles. The normalized spacial score (nSPS) is 26.5. The van der Waals surface area contributed by atoms with E-state index in [-0.39, 0.29) is 18.0 Å². The van der Waals surface area contributed by atoms with E-state index >= 15 is 0 Å². The lowest BCUT2D eigenvalue weighted by Gasteiger charge is -2.36. The summed E-state index contributed by atoms with van der Waals surface area (Å²) in [6, 6.07) is 6.71. The Morgan fingerprint density at radius 2 is 1.87 bits per heavy atom. The van der Waals surface area contributed by atoms with E-state index in [0.717, 1.165) is 62.4 Å². The molecule has 3 atom stereocenters. The van der Waals surface area contributed by atoms with Gasteiger partial charge in [-0.15, -0.1) is 0 Å². The van der Waals surface area contributed by atoms with Crippen LogP contribution in [-0.4, -0.2) is 74.7 Å². The number of hydrogen-bond acceptors (Lipinski definition) is 8. The van der Waals surface area contributed by atoms with Crippen molar-refractivity contribution in [2.24, 2.45) is 0 Å². The van der Waals surface area contributed by atoms with Crippen LogP contribution in [0.25, 0.3) is 11.0 Å². The van der Waals surface area contributed by atoms with Gasteiger partial charge in [-0.2, -0.15) is 4.98 Å². The zero-order valence-electron chi connectivity index (χ0n) is 22.4. The highest BCUT2D eigenvalue weighted by molar-refractivity contribution is 5.98. The lowest BCUT2D eigenvalue weighted by molar-refractivity contribution is 0.0161. The molecule has 2 amide bonds. The largest absolute Gasteiger partial charge is 0.441 e. The molecule has 1 aliphatic carbocycles. The quantitative estimate of drug-likeness (QED) is 0.508. The van der Waals surface area contributed by atoms with E-state index in [2.05, 4.69) is 25.2 Å². The predicted octanol–water partition coefficient (Wildman–Crippen LogP) is 4.00. The molecular formula is C28H34N8O3. The SMILES string of the molecule is CN(C)C(=O)c1cc2cnc(Nc3ccc(N4C[C@]5(C[C@H]6CC[C@@H](C5)N6)OC4=O)cn3)nc2n1C1CCCC1. The molecule has 204 valence electrons. The number of hydrogen-bond donors (Lipinski definition) is 2. The lowest BCUT2D eigenvalue weighted by atomic mass is 9.87. The molecule has 6 heterocycles. The second kappa shape index (κ2) is 9.18. The van der Waals surface area contributed by atoms with Crippen molar-refractivity contribution >= 4 is 40.5 Å². The van der Waals surface area contributed by atoms with Gasteiger partial charge in [0.05, 0.1) is 18.4 Å². The van der Waals surface area contributed by atoms with E-state index in [1.807, 2.05) is 18.2 Å². The van der Waals surface area contributed by atoms with Crippen molar-refractivity contribution in [2.45, 2.75) is 75.1 Å². The van der Waals surface area contributed by atoms with Gasteiger partial charge in [0.15, 0.2) is 0 Å². The number of carbonyl (C=O) groups is 2. The molecule has 11 heteroatoms. The van der Waals surface area contributed by atoms with Crippen molar-refractivity contribution in [3.05, 3.63) is 36.3 Å². The molecule has 2 N–H and O–H groups in total. The molecule has 4 aliphatic rings. The third-order valence-corrected chi connectivity index (χ3v) is 8.73. The van der Waals surface area contributed by atoms with E-state index < -0.39 is 5.60 Å². The summed E-state index contributed by atoms with van der Waals surface area (Å²) in [5.41, 5.74) is 1.71. The molecule has 3 saturated heterocycles. The minimum atomic E-state index is -0.407. The molecule has 4 fully saturated rings. The third kappa shape index (κ3) is 4.28. The summed E-state index contributed by atoms with van der Waals surface area (Å²) >= 11 is 0. The van der Waals surface area contributed by atoms with Gasteiger partial charge in [0, 0.05) is 56.6 Å². The minimum Gasteiger partial charge on any atom is -0.441 e. The molecule has 0 unspecified atom stereocenters. The standard InChI is InChI=1S/C28H34N8O3/c1-34(2)25(37)22-11-17-14-30-26(33-24(17)36(22)20-5-3-4-6-20)32-23-10-9-21(15-29-23)35-16-28(39-27(35)38)12-18-7-8-19(13-28)31-18/h9-11,14-15,18-20,31H,3-8,12-13,16H2,1-2H3,(H,29,30,32,33)/t18-,19+,28-. The number of rotatable bonds is 5. The van der Waals surface area contributed by atoms with E-state index in [4.69, 9.17) is 9.72 Å². The molecule has 7 rings (SSSR count). The van der Waals surface area contributed by atoms with Crippen molar-refractivity contribution in [1.29, 1.82) is 0 Å². The van der Waals surface area contributed by atoms with Gasteiger partial charge in [-0.3, -0.25) is 9.69 Å². The second-order valence-electron chi connectivity index (χ2n) is 11.7. The molecule has 0 aromatic carbocycles. The first kappa shape index (κ1) is 24.3. The first-order chi connectivity index (χ1) is 18.9. The number of fused-ring (bicyclic) bond motifs is 3. The van der Waals surface area contributed by atoms with Crippen LogP contribution in [0.5, 0.6) is 0 Å². The zero-order chi connectivity index (χ0) is 26.7. The maximum atomic E-state index is 13.0. The van der Waals surface area contributed by atoms with Gasteiger partial charge in [-0.25, -0.2) is 14.8 Å². The number of carbonyl (C=O) groups excluding carboxylic acids is 2. The van der Waals surface area contributed by atoms with Gasteiger partial charge < -0.3 is 24.8 Å². The van der Waals surface area contributed by atoms with E-state index in [9.17, 15) is 9.59 Å². The van der Waals surface area contributed by atoms with Gasteiger partial charge in [0.1, 0.15) is 22.8 Å². The summed E-state index contributed by atoms with van der Waals surface area (Å²) in [4.78, 5) is 42.9. The highest BCUT2D eigenvalue weighted by Gasteiger charge is 2.52. The summed E-state index contributed by atoms with van der Waals surface area (Å²) in [7, 11) is 3.54. The van der Waals surface area contributed by atoms with Crippen molar-refractivity contribution in [3.8, 4) is 0 Å². The van der Waals surface area contributed by atoms with Crippen LogP contribution in [0.15, 0.2) is 30.6 Å². The molecule has 1 spiro atoms. The monoisotopic (exact) mass is 530 g/mol. The van der Waals surface area contributed by atoms with E-state index in [1.54, 1.807) is 36.3 Å². The number of piperidine rings is 1. The highest BCUT2D eigenvalue weighted by Crippen LogP contribution is 2.42. The molecule has 1 saturated carbocycles. The molecule has 0 radical (unpaired) electrons. The van der Waals surface area contributed by atoms with Gasteiger partial charge in [-0.05, 0) is 43.9 Å². The minimum absolute atomic E-state index is 0.0361. The van der Waals surface area contributed by atoms with Crippen LogP contribution in [0.1, 0.15) is 67.9 Å². The van der Waals surface area contributed by atoms with Gasteiger partial charge in [0.25, 0.3) is 5.91 Å². The summed E-state index contributed by atoms with van der Waals surface area (Å²) in [5, 5.41) is 7.66. The number of ether oxygens (including phenoxy) is 1. The first-order valence-electron chi connectivity index (χ1n) is 14.0. The fourth-order valence-corrected chi connectivity index (χ4v) is 6.97. The first-order valence-corrected chi connectivity index (χ1v) is 14.0. The fraction of sp³-hybridized carbons (Fsp3) is 0.536. The number of nitrogens with one attached hydrogen (secondary N) is 2. The highest BCUT2D eigenvalue weighted by atomic mass is 16.6. The fourth-order valence-electron chi connectivity index (χ4n) is 6.97. The summed E-state index contributed by atoms with van der Waals surface area (Å²) in [5.74, 6) is 0.948. The Bertz CT molecular complexity index is 1420. The van der Waals surface area contributed by atoms with Gasteiger partial charge >= 0.3 is 6.09 Å². The van der Waals surface area contributed by atoms with Crippen molar-refractivity contribution < 1.29 is 14.3 Å². The topological polar surface area (TPSA) is 118 Å². The van der Waals surface area contributed by atoms with Crippen LogP contribution in [0, 0.1) is 0 Å². The van der Waals surface area contributed by atoms with Crippen LogP contribution in [-0.2, 0) is 4.74 Å². The summed E-state index contributed by atoms with van der Waals surface area (Å²) in [6.45, 7) is 0.556. The van der Waals surface area contributed by atoms with Crippen LogP contribution in [0.3, 0.4) is 0 Å². The number of pyridine rings is 1. The Balaban J connectivity index is 1.11. The van der Waals surface area contributed by atoms with Crippen LogP contribution in [0.4, 0.5) is 22.2 Å². The number of anilines is 3. The molecular weight excluding hydrogens is 496 g/mol. The summed E-state index contributed by atoms with van der Waals surface area (Å²) in [6.07, 6.45) is 11.5. The Morgan fingerprint density at radius 1 is 1.10 bits per heavy atom. The average Bonchev–Trinajstić information content (AvgIpc) is 3.70. The lowest BCUT2D eigenvalue weighted by Crippen LogP contribution is -2.50. The van der Waals surface area contributed by atoms with Gasteiger partial charge in [0.2, 0.25) is 5.95 Å². The smallest absolute Gasteiger partial charge is 0.415 e. The second-order valence-corrected chi connectivity index (χ2v) is 11.7. The number of aromatic nitrogens is 4. The Morgan fingerprint density at radius 3 is 2.56 bits per heavy atom. The maximum Gasteiger partial charge on any atom is 0.415 e. The Labute approximate surface area is 226 Å². The molecule has 11 nitrogen and oxygen atoms in total. The molecule has 3 aromatic rings. The molecule has 39 heavy (non-hydrogen) atoms. The third-order valence-electron chi connectivity index (χ3n) is 8.73. The van der Waals surface area contributed by atoms with Crippen molar-refractivity contribution in [3.63, 3.8) is 0 Å². The number of amides is 2. The maximum absolute atomic E-state index is 13.0. The summed E-state index contributed by atoms with van der Waals surface area (Å²) < 4.78 is 8.04. The molecule has 2 bridgehead atoms. The van der Waals surface area contributed by atoms with E-state index in [0.29, 0.717) is 41.8 Å². The van der Waals surface area contributed by atoms with E-state index in [1.165, 1.54) is 0 Å². The van der Waals surface area contributed by atoms with Crippen molar-refractivity contribution in [1.82, 2.24) is 29.7 Å². The van der Waals surface area contributed by atoms with Gasteiger partial charge in [-0.1, -0.05) is 12.8 Å². The van der Waals surface area contributed by atoms with Crippen LogP contribution in [0.2, 0.25) is 0 Å². The predicted molar refractivity (Wildman–Crippen MR) is 146 cm³/mol. The average molecular weight is 531 g/mol. The van der Waals surface area contributed by atoms with Crippen LogP contribution >= 0.6 is 0 Å².